The van der Waals surface area contributed by atoms with E-state index in [9.17, 15) is 13.2 Å². The monoisotopic (exact) mass is 318 g/mol. The topological polar surface area (TPSA) is 69.7 Å². The standard InChI is InChI=1S/C13H15ClO5S/c1-18-12(9-5-3-2-4-6-9)13(15)19-11-8-20(16,17)7-10(11)14/h2-6,10-12H,7-8H2,1H3/t10-,11-,12-/m1/s1. The number of hydrogen-bond acceptors (Lipinski definition) is 5. The van der Waals surface area contributed by atoms with E-state index in [-0.39, 0.29) is 11.5 Å². The maximum atomic E-state index is 12.1. The Balaban J connectivity index is 2.08. The molecular formula is C13H15ClO5S. The van der Waals surface area contributed by atoms with Gasteiger partial charge in [-0.3, -0.25) is 0 Å². The Morgan fingerprint density at radius 3 is 2.45 bits per heavy atom. The largest absolute Gasteiger partial charge is 0.457 e. The maximum Gasteiger partial charge on any atom is 0.340 e. The van der Waals surface area contributed by atoms with E-state index in [4.69, 9.17) is 21.1 Å². The van der Waals surface area contributed by atoms with Crippen LogP contribution in [-0.4, -0.2) is 44.5 Å². The van der Waals surface area contributed by atoms with Crippen LogP contribution in [0.2, 0.25) is 0 Å². The summed E-state index contributed by atoms with van der Waals surface area (Å²) in [6, 6.07) is 8.84. The van der Waals surface area contributed by atoms with Gasteiger partial charge in [-0.25, -0.2) is 13.2 Å². The molecule has 110 valence electrons. The van der Waals surface area contributed by atoms with Gasteiger partial charge in [0.2, 0.25) is 0 Å². The van der Waals surface area contributed by atoms with Crippen molar-refractivity contribution in [1.82, 2.24) is 0 Å². The average Bonchev–Trinajstić information content (AvgIpc) is 2.64. The number of hydrogen-bond donors (Lipinski definition) is 0. The molecule has 0 N–H and O–H groups in total. The van der Waals surface area contributed by atoms with Crippen LogP contribution in [0.1, 0.15) is 11.7 Å². The lowest BCUT2D eigenvalue weighted by Crippen LogP contribution is -2.29. The lowest BCUT2D eigenvalue weighted by molar-refractivity contribution is -0.160. The summed E-state index contributed by atoms with van der Waals surface area (Å²) < 4.78 is 33.2. The second-order valence-electron chi connectivity index (χ2n) is 4.59. The number of esters is 1. The Morgan fingerprint density at radius 1 is 1.30 bits per heavy atom. The summed E-state index contributed by atoms with van der Waals surface area (Å²) in [6.45, 7) is 0. The zero-order valence-electron chi connectivity index (χ0n) is 10.9. The summed E-state index contributed by atoms with van der Waals surface area (Å²) in [5, 5.41) is -0.711. The fourth-order valence-electron chi connectivity index (χ4n) is 2.09. The van der Waals surface area contributed by atoms with Gasteiger partial charge < -0.3 is 9.47 Å². The molecule has 1 aromatic carbocycles. The van der Waals surface area contributed by atoms with Crippen molar-refractivity contribution in [2.45, 2.75) is 17.6 Å². The predicted molar refractivity (Wildman–Crippen MR) is 74.4 cm³/mol. The Morgan fingerprint density at radius 2 is 1.95 bits per heavy atom. The molecule has 0 saturated carbocycles. The van der Waals surface area contributed by atoms with Gasteiger partial charge in [0.25, 0.3) is 0 Å². The van der Waals surface area contributed by atoms with Crippen molar-refractivity contribution in [3.63, 3.8) is 0 Å². The van der Waals surface area contributed by atoms with E-state index in [1.165, 1.54) is 7.11 Å². The van der Waals surface area contributed by atoms with Crippen LogP contribution in [0.4, 0.5) is 0 Å². The number of sulfone groups is 1. The number of benzene rings is 1. The molecule has 0 amide bonds. The first-order chi connectivity index (χ1) is 9.43. The van der Waals surface area contributed by atoms with E-state index in [1.54, 1.807) is 24.3 Å². The molecule has 1 aliphatic heterocycles. The zero-order valence-corrected chi connectivity index (χ0v) is 12.4. The summed E-state index contributed by atoms with van der Waals surface area (Å²) >= 11 is 5.90. The second-order valence-corrected chi connectivity index (χ2v) is 7.31. The van der Waals surface area contributed by atoms with Gasteiger partial charge >= 0.3 is 5.97 Å². The molecule has 5 nitrogen and oxygen atoms in total. The molecule has 0 spiro atoms. The van der Waals surface area contributed by atoms with E-state index >= 15 is 0 Å². The smallest absolute Gasteiger partial charge is 0.340 e. The van der Waals surface area contributed by atoms with Crippen molar-refractivity contribution in [3.8, 4) is 0 Å². The van der Waals surface area contributed by atoms with E-state index in [1.807, 2.05) is 6.07 Å². The van der Waals surface area contributed by atoms with Crippen LogP contribution in [0.3, 0.4) is 0 Å². The molecule has 0 unspecified atom stereocenters. The molecule has 1 saturated heterocycles. The Bertz CT molecular complexity index is 572. The number of halogens is 1. The Hall–Kier alpha value is -1.11. The number of methoxy groups -OCH3 is 1. The third-order valence-electron chi connectivity index (χ3n) is 3.05. The number of carbonyl (C=O) groups excluding carboxylic acids is 1. The lowest BCUT2D eigenvalue weighted by Gasteiger charge is -2.19. The maximum absolute atomic E-state index is 12.1. The molecule has 3 atom stereocenters. The first-order valence-corrected chi connectivity index (χ1v) is 8.31. The van der Waals surface area contributed by atoms with Crippen LogP contribution >= 0.6 is 11.6 Å². The fraction of sp³-hybridized carbons (Fsp3) is 0.462. The van der Waals surface area contributed by atoms with E-state index in [2.05, 4.69) is 0 Å². The summed E-state index contributed by atoms with van der Waals surface area (Å²) in [4.78, 5) is 12.1. The van der Waals surface area contributed by atoms with Gasteiger partial charge in [0.15, 0.2) is 15.9 Å². The second kappa shape index (κ2) is 6.11. The van der Waals surface area contributed by atoms with Crippen LogP contribution in [0.25, 0.3) is 0 Å². The first-order valence-electron chi connectivity index (χ1n) is 6.05. The van der Waals surface area contributed by atoms with Crippen molar-refractivity contribution in [2.75, 3.05) is 18.6 Å². The molecular weight excluding hydrogens is 304 g/mol. The average molecular weight is 319 g/mol. The number of carbonyl (C=O) groups is 1. The van der Waals surface area contributed by atoms with Gasteiger partial charge in [-0.15, -0.1) is 11.6 Å². The lowest BCUT2D eigenvalue weighted by atomic mass is 10.1. The van der Waals surface area contributed by atoms with Gasteiger partial charge in [-0.2, -0.15) is 0 Å². The normalized spacial score (nSPS) is 26.1. The number of ether oxygens (including phenoxy) is 2. The van der Waals surface area contributed by atoms with Crippen LogP contribution in [0.5, 0.6) is 0 Å². The summed E-state index contributed by atoms with van der Waals surface area (Å²) in [6.07, 6.45) is -1.71. The zero-order chi connectivity index (χ0) is 14.8. The molecule has 2 rings (SSSR count). The van der Waals surface area contributed by atoms with Crippen LogP contribution in [-0.2, 0) is 24.1 Å². The van der Waals surface area contributed by atoms with Gasteiger partial charge in [0.05, 0.1) is 16.9 Å². The van der Waals surface area contributed by atoms with Crippen LogP contribution in [0, 0.1) is 0 Å². The number of alkyl halides is 1. The molecule has 7 heteroatoms. The summed E-state index contributed by atoms with van der Waals surface area (Å²) in [5.41, 5.74) is 0.645. The first kappa shape index (κ1) is 15.3. The molecule has 0 aliphatic carbocycles. The quantitative estimate of drug-likeness (QED) is 0.618. The molecule has 1 heterocycles. The number of rotatable bonds is 4. The minimum Gasteiger partial charge on any atom is -0.457 e. The van der Waals surface area contributed by atoms with Crippen molar-refractivity contribution in [2.24, 2.45) is 0 Å². The molecule has 0 aromatic heterocycles. The Kier molecular flexibility index (Phi) is 4.67. The third-order valence-corrected chi connectivity index (χ3v) is 5.38. The molecule has 1 aliphatic rings. The summed E-state index contributed by atoms with van der Waals surface area (Å²) in [5.74, 6) is -1.04. The highest BCUT2D eigenvalue weighted by Gasteiger charge is 2.40. The van der Waals surface area contributed by atoms with Crippen molar-refractivity contribution < 1.29 is 22.7 Å². The van der Waals surface area contributed by atoms with Gasteiger partial charge in [0.1, 0.15) is 6.10 Å². The van der Waals surface area contributed by atoms with Crippen LogP contribution < -0.4 is 0 Å². The highest BCUT2D eigenvalue weighted by Crippen LogP contribution is 2.24. The van der Waals surface area contributed by atoms with E-state index < -0.39 is 33.4 Å². The van der Waals surface area contributed by atoms with Gasteiger partial charge in [-0.05, 0) is 5.56 Å². The highest BCUT2D eigenvalue weighted by atomic mass is 35.5. The van der Waals surface area contributed by atoms with Gasteiger partial charge in [0, 0.05) is 7.11 Å². The minimum atomic E-state index is -3.24. The van der Waals surface area contributed by atoms with Crippen LogP contribution in [0.15, 0.2) is 30.3 Å². The third kappa shape index (κ3) is 3.50. The Labute approximate surface area is 122 Å². The molecule has 0 radical (unpaired) electrons. The van der Waals surface area contributed by atoms with Crippen molar-refractivity contribution >= 4 is 27.4 Å². The molecule has 1 aromatic rings. The predicted octanol–water partition coefficient (Wildman–Crippen LogP) is 1.32. The SMILES string of the molecule is CO[C@@H](C(=O)O[C@@H]1CS(=O)(=O)C[C@H]1Cl)c1ccccc1. The molecule has 20 heavy (non-hydrogen) atoms. The van der Waals surface area contributed by atoms with E-state index in [0.717, 1.165) is 0 Å². The molecule has 0 bridgehead atoms. The molecule has 1 fully saturated rings. The minimum absolute atomic E-state index is 0.171. The van der Waals surface area contributed by atoms with E-state index in [0.29, 0.717) is 5.56 Å². The summed E-state index contributed by atoms with van der Waals surface area (Å²) in [7, 11) is -1.85. The van der Waals surface area contributed by atoms with Gasteiger partial charge in [-0.1, -0.05) is 30.3 Å². The highest BCUT2D eigenvalue weighted by molar-refractivity contribution is 7.91. The fourth-order valence-corrected chi connectivity index (χ4v) is 4.55. The van der Waals surface area contributed by atoms with Crippen molar-refractivity contribution in [3.05, 3.63) is 35.9 Å². The van der Waals surface area contributed by atoms with Crippen molar-refractivity contribution in [1.29, 1.82) is 0 Å².